The fraction of sp³-hybridized carbons (Fsp3) is 0.294. The van der Waals surface area contributed by atoms with Gasteiger partial charge in [-0.1, -0.05) is 22.0 Å². The normalized spacial score (nSPS) is 14.5. The number of carbonyl (C=O) groups excluding carboxylic acids is 2. The maximum Gasteiger partial charge on any atom is 0.289 e. The van der Waals surface area contributed by atoms with Crippen LogP contribution in [-0.4, -0.2) is 54.4 Å². The minimum absolute atomic E-state index is 0.0113. The second-order valence-corrected chi connectivity index (χ2v) is 6.31. The summed E-state index contributed by atoms with van der Waals surface area (Å²) < 4.78 is 11.5. The molecule has 0 aliphatic carbocycles. The van der Waals surface area contributed by atoms with Crippen molar-refractivity contribution in [2.75, 3.05) is 32.8 Å². The molecule has 0 N–H and O–H groups in total. The summed E-state index contributed by atoms with van der Waals surface area (Å²) >= 11 is 3.36. The molecular weight excluding hydrogens is 376 g/mol. The van der Waals surface area contributed by atoms with Crippen LogP contribution in [0.4, 0.5) is 0 Å². The van der Waals surface area contributed by atoms with E-state index >= 15 is 0 Å². The zero-order valence-electron chi connectivity index (χ0n) is 13.0. The number of nitrogens with zero attached hydrogens (tertiary/aromatic N) is 2. The van der Waals surface area contributed by atoms with Crippen molar-refractivity contribution in [3.8, 4) is 5.75 Å². The van der Waals surface area contributed by atoms with Gasteiger partial charge in [0, 0.05) is 30.7 Å². The Morgan fingerprint density at radius 1 is 1.08 bits per heavy atom. The van der Waals surface area contributed by atoms with E-state index < -0.39 is 0 Å². The van der Waals surface area contributed by atoms with Crippen molar-refractivity contribution in [2.24, 2.45) is 0 Å². The van der Waals surface area contributed by atoms with E-state index in [1.54, 1.807) is 28.0 Å². The van der Waals surface area contributed by atoms with Crippen LogP contribution in [0.15, 0.2) is 51.6 Å². The van der Waals surface area contributed by atoms with Gasteiger partial charge in [-0.05, 0) is 30.3 Å². The molecule has 1 saturated heterocycles. The third-order valence-electron chi connectivity index (χ3n) is 3.81. The fourth-order valence-corrected chi connectivity index (χ4v) is 2.89. The van der Waals surface area contributed by atoms with Crippen LogP contribution in [0, 0.1) is 0 Å². The monoisotopic (exact) mass is 392 g/mol. The second kappa shape index (κ2) is 7.53. The maximum atomic E-state index is 12.2. The standard InChI is InChI=1S/C17H17BrN2O4/c18-13-3-1-4-14(11-13)24-12-16(21)19-6-8-20(9-7-19)17(22)15-5-2-10-23-15/h1-5,10-11H,6-9,12H2. The average Bonchev–Trinajstić information content (AvgIpc) is 3.14. The van der Waals surface area contributed by atoms with Crippen LogP contribution in [0.1, 0.15) is 10.6 Å². The highest BCUT2D eigenvalue weighted by Gasteiger charge is 2.26. The Kier molecular flexibility index (Phi) is 5.20. The number of hydrogen-bond acceptors (Lipinski definition) is 4. The van der Waals surface area contributed by atoms with Gasteiger partial charge in [0.1, 0.15) is 5.75 Å². The van der Waals surface area contributed by atoms with Gasteiger partial charge in [0.2, 0.25) is 0 Å². The van der Waals surface area contributed by atoms with Crippen LogP contribution in [0.25, 0.3) is 0 Å². The van der Waals surface area contributed by atoms with Gasteiger partial charge in [-0.15, -0.1) is 0 Å². The number of benzene rings is 1. The van der Waals surface area contributed by atoms with Crippen LogP contribution in [0.5, 0.6) is 5.75 Å². The van der Waals surface area contributed by atoms with Crippen molar-refractivity contribution in [2.45, 2.75) is 0 Å². The fourth-order valence-electron chi connectivity index (χ4n) is 2.51. The molecule has 1 fully saturated rings. The summed E-state index contributed by atoms with van der Waals surface area (Å²) in [4.78, 5) is 27.8. The molecule has 0 spiro atoms. The molecule has 6 nitrogen and oxygen atoms in total. The van der Waals surface area contributed by atoms with Gasteiger partial charge < -0.3 is 19.0 Å². The van der Waals surface area contributed by atoms with Crippen LogP contribution in [0.3, 0.4) is 0 Å². The number of halogens is 1. The van der Waals surface area contributed by atoms with Crippen LogP contribution < -0.4 is 4.74 Å². The zero-order chi connectivity index (χ0) is 16.9. The van der Waals surface area contributed by atoms with Crippen LogP contribution in [-0.2, 0) is 4.79 Å². The number of amides is 2. The highest BCUT2D eigenvalue weighted by Crippen LogP contribution is 2.18. The smallest absolute Gasteiger partial charge is 0.289 e. The predicted octanol–water partition coefficient (Wildman–Crippen LogP) is 2.41. The van der Waals surface area contributed by atoms with Crippen LogP contribution >= 0.6 is 15.9 Å². The first-order valence-corrected chi connectivity index (χ1v) is 8.42. The van der Waals surface area contributed by atoms with Gasteiger partial charge in [-0.3, -0.25) is 9.59 Å². The van der Waals surface area contributed by atoms with E-state index in [2.05, 4.69) is 15.9 Å². The first-order valence-electron chi connectivity index (χ1n) is 7.62. The largest absolute Gasteiger partial charge is 0.484 e. The predicted molar refractivity (Wildman–Crippen MR) is 90.8 cm³/mol. The summed E-state index contributed by atoms with van der Waals surface area (Å²) in [6.45, 7) is 1.95. The van der Waals surface area contributed by atoms with Gasteiger partial charge in [-0.25, -0.2) is 0 Å². The van der Waals surface area contributed by atoms with Crippen molar-refractivity contribution >= 4 is 27.7 Å². The van der Waals surface area contributed by atoms with E-state index in [1.165, 1.54) is 6.26 Å². The summed E-state index contributed by atoms with van der Waals surface area (Å²) in [6.07, 6.45) is 1.48. The van der Waals surface area contributed by atoms with Gasteiger partial charge >= 0.3 is 0 Å². The SMILES string of the molecule is O=C(COc1cccc(Br)c1)N1CCN(C(=O)c2ccco2)CC1. The zero-order valence-corrected chi connectivity index (χ0v) is 14.6. The number of rotatable bonds is 4. The number of furan rings is 1. The van der Waals surface area contributed by atoms with Gasteiger partial charge in [0.05, 0.1) is 6.26 Å². The van der Waals surface area contributed by atoms with Crippen molar-refractivity contribution in [3.05, 3.63) is 52.9 Å². The summed E-state index contributed by atoms with van der Waals surface area (Å²) in [5.41, 5.74) is 0. The molecule has 7 heteroatoms. The molecule has 1 aliphatic rings. The minimum atomic E-state index is -0.141. The van der Waals surface area contributed by atoms with E-state index in [-0.39, 0.29) is 18.4 Å². The Labute approximate surface area is 148 Å². The minimum Gasteiger partial charge on any atom is -0.484 e. The molecule has 3 rings (SSSR count). The molecule has 2 amide bonds. The average molecular weight is 393 g/mol. The van der Waals surface area contributed by atoms with Crippen molar-refractivity contribution in [3.63, 3.8) is 0 Å². The number of carbonyl (C=O) groups is 2. The van der Waals surface area contributed by atoms with E-state index in [0.717, 1.165) is 4.47 Å². The topological polar surface area (TPSA) is 63.0 Å². The Hall–Kier alpha value is -2.28. The molecule has 0 atom stereocenters. The Bertz CT molecular complexity index is 709. The first kappa shape index (κ1) is 16.6. The third kappa shape index (κ3) is 3.97. The van der Waals surface area contributed by atoms with Gasteiger partial charge in [0.15, 0.2) is 12.4 Å². The summed E-state index contributed by atoms with van der Waals surface area (Å²) in [7, 11) is 0. The lowest BCUT2D eigenvalue weighted by molar-refractivity contribution is -0.134. The molecule has 1 aromatic carbocycles. The number of ether oxygens (including phenoxy) is 1. The molecular formula is C17H17BrN2O4. The third-order valence-corrected chi connectivity index (χ3v) is 4.30. The molecule has 24 heavy (non-hydrogen) atoms. The Balaban J connectivity index is 1.47. The van der Waals surface area contributed by atoms with E-state index in [1.807, 2.05) is 18.2 Å². The van der Waals surface area contributed by atoms with Crippen LogP contribution in [0.2, 0.25) is 0 Å². The highest BCUT2D eigenvalue weighted by molar-refractivity contribution is 9.10. The lowest BCUT2D eigenvalue weighted by Crippen LogP contribution is -2.51. The molecule has 2 heterocycles. The lowest BCUT2D eigenvalue weighted by Gasteiger charge is -2.34. The lowest BCUT2D eigenvalue weighted by atomic mass is 10.3. The molecule has 0 unspecified atom stereocenters. The first-order chi connectivity index (χ1) is 11.6. The molecule has 0 radical (unpaired) electrons. The molecule has 2 aromatic rings. The second-order valence-electron chi connectivity index (χ2n) is 5.40. The molecule has 126 valence electrons. The molecule has 1 aliphatic heterocycles. The molecule has 0 bridgehead atoms. The van der Waals surface area contributed by atoms with Crippen molar-refractivity contribution in [1.82, 2.24) is 9.80 Å². The van der Waals surface area contributed by atoms with Gasteiger partial charge in [0.25, 0.3) is 11.8 Å². The summed E-state index contributed by atoms with van der Waals surface area (Å²) in [5, 5.41) is 0. The summed E-state index contributed by atoms with van der Waals surface area (Å²) in [5.74, 6) is 0.745. The summed E-state index contributed by atoms with van der Waals surface area (Å²) in [6, 6.07) is 10.7. The molecule has 1 aromatic heterocycles. The van der Waals surface area contributed by atoms with E-state index in [4.69, 9.17) is 9.15 Å². The highest BCUT2D eigenvalue weighted by atomic mass is 79.9. The Morgan fingerprint density at radius 3 is 2.50 bits per heavy atom. The Morgan fingerprint density at radius 2 is 1.83 bits per heavy atom. The number of hydrogen-bond donors (Lipinski definition) is 0. The molecule has 0 saturated carbocycles. The van der Waals surface area contributed by atoms with Crippen molar-refractivity contribution < 1.29 is 18.7 Å². The van der Waals surface area contributed by atoms with E-state index in [9.17, 15) is 9.59 Å². The quantitative estimate of drug-likeness (QED) is 0.801. The number of piperazine rings is 1. The maximum absolute atomic E-state index is 12.2. The van der Waals surface area contributed by atoms with Gasteiger partial charge in [-0.2, -0.15) is 0 Å². The van der Waals surface area contributed by atoms with Crippen molar-refractivity contribution in [1.29, 1.82) is 0 Å². The van der Waals surface area contributed by atoms with E-state index in [0.29, 0.717) is 37.7 Å².